The van der Waals surface area contributed by atoms with Crippen molar-refractivity contribution in [1.29, 1.82) is 0 Å². The monoisotopic (exact) mass is 383 g/mol. The maximum absolute atomic E-state index is 13.0. The first-order chi connectivity index (χ1) is 13.5. The van der Waals surface area contributed by atoms with Crippen LogP contribution in [0.25, 0.3) is 0 Å². The van der Waals surface area contributed by atoms with Crippen molar-refractivity contribution < 1.29 is 14.3 Å². The molecule has 6 heteroatoms. The zero-order chi connectivity index (χ0) is 19.5. The van der Waals surface area contributed by atoms with Gasteiger partial charge in [0.1, 0.15) is 5.75 Å². The molecule has 6 nitrogen and oxygen atoms in total. The highest BCUT2D eigenvalue weighted by atomic mass is 16.5. The molecule has 1 aromatic carbocycles. The summed E-state index contributed by atoms with van der Waals surface area (Å²) in [5.41, 5.74) is 7.94. The van der Waals surface area contributed by atoms with Crippen LogP contribution in [0.3, 0.4) is 0 Å². The highest BCUT2D eigenvalue weighted by Gasteiger charge is 2.57. The van der Waals surface area contributed by atoms with Crippen molar-refractivity contribution in [2.24, 2.45) is 17.6 Å². The lowest BCUT2D eigenvalue weighted by Crippen LogP contribution is -2.67. The molecule has 2 N–H and O–H groups in total. The molecule has 2 bridgehead atoms. The van der Waals surface area contributed by atoms with E-state index in [1.54, 1.807) is 12.0 Å². The first-order valence-corrected chi connectivity index (χ1v) is 10.5. The third-order valence-corrected chi connectivity index (χ3v) is 7.54. The van der Waals surface area contributed by atoms with Gasteiger partial charge in [-0.2, -0.15) is 0 Å². The maximum Gasteiger partial charge on any atom is 0.237 e. The molecular weight excluding hydrogens is 354 g/mol. The lowest BCUT2D eigenvalue weighted by Gasteiger charge is -2.60. The van der Waals surface area contributed by atoms with Gasteiger partial charge >= 0.3 is 0 Å². The molecule has 0 radical (unpaired) electrons. The number of nitrogens with zero attached hydrogens (tertiary/aromatic N) is 2. The smallest absolute Gasteiger partial charge is 0.237 e. The van der Waals surface area contributed by atoms with E-state index in [0.29, 0.717) is 24.9 Å². The number of likely N-dealkylation sites (tertiary alicyclic amines) is 2. The molecule has 2 amide bonds. The van der Waals surface area contributed by atoms with Crippen molar-refractivity contribution in [3.63, 3.8) is 0 Å². The van der Waals surface area contributed by atoms with Crippen LogP contribution < -0.4 is 10.5 Å². The Morgan fingerprint density at radius 2 is 2.18 bits per heavy atom. The summed E-state index contributed by atoms with van der Waals surface area (Å²) in [4.78, 5) is 28.9. The van der Waals surface area contributed by atoms with Gasteiger partial charge in [-0.3, -0.25) is 14.5 Å². The van der Waals surface area contributed by atoms with Gasteiger partial charge in [0.2, 0.25) is 11.8 Å². The molecule has 2 saturated heterocycles. The highest BCUT2D eigenvalue weighted by Crippen LogP contribution is 2.54. The van der Waals surface area contributed by atoms with Gasteiger partial charge < -0.3 is 15.4 Å². The van der Waals surface area contributed by atoms with Crippen LogP contribution in [0.2, 0.25) is 0 Å². The third kappa shape index (κ3) is 2.81. The largest absolute Gasteiger partial charge is 0.497 e. The van der Waals surface area contributed by atoms with E-state index in [1.165, 1.54) is 30.5 Å². The van der Waals surface area contributed by atoms with Gasteiger partial charge in [-0.15, -0.1) is 0 Å². The molecular formula is C22H29N3O3. The highest BCUT2D eigenvalue weighted by molar-refractivity contribution is 5.85. The van der Waals surface area contributed by atoms with E-state index >= 15 is 0 Å². The van der Waals surface area contributed by atoms with Crippen LogP contribution in [0.5, 0.6) is 5.75 Å². The predicted molar refractivity (Wildman–Crippen MR) is 105 cm³/mol. The summed E-state index contributed by atoms with van der Waals surface area (Å²) in [5.74, 6) is 1.67. The Kier molecular flexibility index (Phi) is 4.16. The average molecular weight is 383 g/mol. The van der Waals surface area contributed by atoms with Crippen LogP contribution in [0.1, 0.15) is 36.8 Å². The van der Waals surface area contributed by atoms with E-state index in [4.69, 9.17) is 10.5 Å². The minimum absolute atomic E-state index is 0.0335. The normalized spacial score (nSPS) is 31.9. The summed E-state index contributed by atoms with van der Waals surface area (Å²) in [7, 11) is 1.70. The Morgan fingerprint density at radius 3 is 2.89 bits per heavy atom. The van der Waals surface area contributed by atoms with Crippen LogP contribution >= 0.6 is 0 Å². The number of ether oxygens (including phenoxy) is 1. The van der Waals surface area contributed by atoms with E-state index in [9.17, 15) is 9.59 Å². The molecule has 3 fully saturated rings. The number of rotatable bonds is 5. The second-order valence-corrected chi connectivity index (χ2v) is 9.16. The maximum atomic E-state index is 13.0. The number of primary amides is 1. The minimum Gasteiger partial charge on any atom is -0.497 e. The lowest BCUT2D eigenvalue weighted by molar-refractivity contribution is -0.147. The summed E-state index contributed by atoms with van der Waals surface area (Å²) >= 11 is 0. The van der Waals surface area contributed by atoms with Crippen molar-refractivity contribution in [3.05, 3.63) is 29.3 Å². The first kappa shape index (κ1) is 18.0. The predicted octanol–water partition coefficient (Wildman–Crippen LogP) is 1.31. The summed E-state index contributed by atoms with van der Waals surface area (Å²) in [6.07, 6.45) is 5.17. The molecule has 2 aliphatic carbocycles. The van der Waals surface area contributed by atoms with Gasteiger partial charge in [-0.1, -0.05) is 6.07 Å². The van der Waals surface area contributed by atoms with Crippen molar-refractivity contribution >= 4 is 11.8 Å². The average Bonchev–Trinajstić information content (AvgIpc) is 3.48. The number of benzene rings is 1. The van der Waals surface area contributed by atoms with E-state index in [2.05, 4.69) is 17.0 Å². The quantitative estimate of drug-likeness (QED) is 0.832. The number of nitrogens with two attached hydrogens (primary N) is 1. The van der Waals surface area contributed by atoms with E-state index in [-0.39, 0.29) is 17.9 Å². The number of carbonyl (C=O) groups is 2. The third-order valence-electron chi connectivity index (χ3n) is 7.54. The van der Waals surface area contributed by atoms with Crippen LogP contribution in [0.4, 0.5) is 0 Å². The molecule has 4 aliphatic rings. The van der Waals surface area contributed by atoms with Crippen molar-refractivity contribution in [2.45, 2.75) is 43.6 Å². The number of methoxy groups -OCH3 is 1. The molecule has 28 heavy (non-hydrogen) atoms. The molecule has 5 rings (SSSR count). The Labute approximate surface area is 166 Å². The van der Waals surface area contributed by atoms with Gasteiger partial charge in [-0.05, 0) is 61.4 Å². The fourth-order valence-electron chi connectivity index (χ4n) is 6.00. The SMILES string of the molecule is COc1ccc2c(c1)[C@]13CCN(CC4CC4)C(C2)[C@@H]1CN(CC(N)=O)C(=O)C3. The van der Waals surface area contributed by atoms with Crippen LogP contribution in [0, 0.1) is 11.8 Å². The molecule has 1 saturated carbocycles. The number of fused-ring (bicyclic) bond motifs is 1. The minimum atomic E-state index is -0.429. The molecule has 0 aromatic heterocycles. The molecule has 3 atom stereocenters. The standard InChI is InChI=1S/C22H29N3O3/c1-28-16-5-4-15-8-19-18-12-25(13-20(23)26)21(27)10-22(18,17(15)9-16)6-7-24(19)11-14-2-3-14/h4-5,9,14,18-19H,2-3,6-8,10-13H2,1H3,(H2,23,26)/t18-,19?,22+/m0/s1. The van der Waals surface area contributed by atoms with Gasteiger partial charge in [0.15, 0.2) is 0 Å². The molecule has 1 unspecified atom stereocenters. The molecule has 0 spiro atoms. The molecule has 1 aromatic rings. The van der Waals surface area contributed by atoms with E-state index in [1.807, 2.05) is 6.07 Å². The van der Waals surface area contributed by atoms with Crippen LogP contribution in [0.15, 0.2) is 18.2 Å². The van der Waals surface area contributed by atoms with E-state index < -0.39 is 5.91 Å². The second-order valence-electron chi connectivity index (χ2n) is 9.16. The fourth-order valence-corrected chi connectivity index (χ4v) is 6.00. The zero-order valence-corrected chi connectivity index (χ0v) is 16.5. The van der Waals surface area contributed by atoms with Crippen LogP contribution in [-0.4, -0.2) is 60.9 Å². The zero-order valence-electron chi connectivity index (χ0n) is 16.5. The lowest BCUT2D eigenvalue weighted by atomic mass is 9.54. The Hall–Kier alpha value is -2.08. The van der Waals surface area contributed by atoms with Gasteiger partial charge in [-0.25, -0.2) is 0 Å². The molecule has 2 heterocycles. The van der Waals surface area contributed by atoms with Crippen molar-refractivity contribution in [1.82, 2.24) is 9.80 Å². The Balaban J connectivity index is 1.56. The van der Waals surface area contributed by atoms with Gasteiger partial charge in [0, 0.05) is 36.9 Å². The molecule has 150 valence electrons. The van der Waals surface area contributed by atoms with Crippen molar-refractivity contribution in [3.8, 4) is 5.75 Å². The van der Waals surface area contributed by atoms with Gasteiger partial charge in [0.25, 0.3) is 0 Å². The number of piperidine rings is 2. The summed E-state index contributed by atoms with van der Waals surface area (Å²) in [6.45, 7) is 2.89. The van der Waals surface area contributed by atoms with Gasteiger partial charge in [0.05, 0.1) is 13.7 Å². The number of amides is 2. The summed E-state index contributed by atoms with van der Waals surface area (Å²) in [6, 6.07) is 6.83. The molecule has 2 aliphatic heterocycles. The Morgan fingerprint density at radius 1 is 1.36 bits per heavy atom. The number of carbonyl (C=O) groups excluding carboxylic acids is 2. The summed E-state index contributed by atoms with van der Waals surface area (Å²) in [5, 5.41) is 0. The number of hydrogen-bond acceptors (Lipinski definition) is 4. The van der Waals surface area contributed by atoms with E-state index in [0.717, 1.165) is 31.1 Å². The Bertz CT molecular complexity index is 821. The first-order valence-electron chi connectivity index (χ1n) is 10.5. The van der Waals surface area contributed by atoms with Crippen LogP contribution in [-0.2, 0) is 21.4 Å². The fraction of sp³-hybridized carbons (Fsp3) is 0.636. The topological polar surface area (TPSA) is 75.9 Å². The second kappa shape index (κ2) is 6.48. The summed E-state index contributed by atoms with van der Waals surface area (Å²) < 4.78 is 5.51. The number of hydrogen-bond donors (Lipinski definition) is 1. The van der Waals surface area contributed by atoms with Crippen molar-refractivity contribution in [2.75, 3.05) is 33.3 Å².